The molecule has 1 atom stereocenters. The zero-order chi connectivity index (χ0) is 16.4. The van der Waals surface area contributed by atoms with E-state index in [1.165, 1.54) is 0 Å². The molecule has 1 aromatic heterocycles. The highest BCUT2D eigenvalue weighted by Gasteiger charge is 2.30. The average molecular weight is 318 g/mol. The first-order valence-corrected chi connectivity index (χ1v) is 8.63. The summed E-state index contributed by atoms with van der Waals surface area (Å²) in [6.07, 6.45) is 4.67. The molecule has 1 aromatic rings. The number of amides is 2. The average Bonchev–Trinajstić information content (AvgIpc) is 3.05. The first-order chi connectivity index (χ1) is 11.0. The van der Waals surface area contributed by atoms with Crippen LogP contribution < -0.4 is 0 Å². The van der Waals surface area contributed by atoms with Crippen LogP contribution in [0.5, 0.6) is 0 Å². The fourth-order valence-corrected chi connectivity index (χ4v) is 3.70. The zero-order valence-electron chi connectivity index (χ0n) is 14.1. The van der Waals surface area contributed by atoms with Gasteiger partial charge in [0.25, 0.3) is 0 Å². The third-order valence-electron chi connectivity index (χ3n) is 4.93. The highest BCUT2D eigenvalue weighted by molar-refractivity contribution is 5.86. The third kappa shape index (κ3) is 3.57. The highest BCUT2D eigenvalue weighted by atomic mass is 16.2. The minimum atomic E-state index is 0.0893. The van der Waals surface area contributed by atoms with Crippen LogP contribution in [0.4, 0.5) is 0 Å². The molecule has 3 heterocycles. The first kappa shape index (κ1) is 16.0. The van der Waals surface area contributed by atoms with Gasteiger partial charge in [-0.2, -0.15) is 5.10 Å². The second kappa shape index (κ2) is 6.72. The van der Waals surface area contributed by atoms with Gasteiger partial charge in [0.15, 0.2) is 0 Å². The Morgan fingerprint density at radius 2 is 2.09 bits per heavy atom. The molecule has 0 radical (unpaired) electrons. The molecule has 0 saturated carbocycles. The summed E-state index contributed by atoms with van der Waals surface area (Å²) >= 11 is 0. The van der Waals surface area contributed by atoms with Gasteiger partial charge >= 0.3 is 0 Å². The van der Waals surface area contributed by atoms with Crippen LogP contribution in [-0.4, -0.2) is 57.1 Å². The Kier molecular flexibility index (Phi) is 4.68. The van der Waals surface area contributed by atoms with Crippen molar-refractivity contribution in [3.63, 3.8) is 0 Å². The largest absolute Gasteiger partial charge is 0.336 e. The van der Waals surface area contributed by atoms with Crippen LogP contribution in [0.15, 0.2) is 6.07 Å². The summed E-state index contributed by atoms with van der Waals surface area (Å²) in [6, 6.07) is 2.25. The Balaban J connectivity index is 1.67. The van der Waals surface area contributed by atoms with Crippen molar-refractivity contribution >= 4 is 11.8 Å². The van der Waals surface area contributed by atoms with Gasteiger partial charge in [-0.05, 0) is 45.6 Å². The molecule has 0 N–H and O–H groups in total. The molecule has 2 amide bonds. The number of carbonyl (C=O) groups is 2. The summed E-state index contributed by atoms with van der Waals surface area (Å²) in [6.45, 7) is 6.56. The first-order valence-electron chi connectivity index (χ1n) is 8.63. The zero-order valence-corrected chi connectivity index (χ0v) is 14.1. The van der Waals surface area contributed by atoms with E-state index < -0.39 is 0 Å². The normalized spacial score (nSPS) is 22.0. The standard InChI is InChI=1S/C17H26N4O2/c1-13-10-14(2)21(18-13)11-15-6-3-4-9-20(15)17(23)12-19-8-5-7-16(19)22/h10,15H,3-9,11-12H2,1-2H3. The third-order valence-corrected chi connectivity index (χ3v) is 4.93. The van der Waals surface area contributed by atoms with Crippen molar-refractivity contribution in [2.24, 2.45) is 0 Å². The Bertz CT molecular complexity index is 595. The van der Waals surface area contributed by atoms with Gasteiger partial charge in [0.05, 0.1) is 24.8 Å². The van der Waals surface area contributed by atoms with Crippen LogP contribution in [0.3, 0.4) is 0 Å². The van der Waals surface area contributed by atoms with Crippen molar-refractivity contribution in [2.45, 2.75) is 58.5 Å². The van der Waals surface area contributed by atoms with Crippen molar-refractivity contribution in [2.75, 3.05) is 19.6 Å². The number of aryl methyl sites for hydroxylation is 2. The Hall–Kier alpha value is -1.85. The van der Waals surface area contributed by atoms with Crippen molar-refractivity contribution in [1.29, 1.82) is 0 Å². The number of nitrogens with zero attached hydrogens (tertiary/aromatic N) is 4. The number of likely N-dealkylation sites (tertiary alicyclic amines) is 2. The van der Waals surface area contributed by atoms with E-state index in [-0.39, 0.29) is 24.4 Å². The number of rotatable bonds is 4. The number of aromatic nitrogens is 2. The molecular weight excluding hydrogens is 292 g/mol. The van der Waals surface area contributed by atoms with E-state index >= 15 is 0 Å². The summed E-state index contributed by atoms with van der Waals surface area (Å²) in [5, 5.41) is 4.53. The maximum absolute atomic E-state index is 12.7. The lowest BCUT2D eigenvalue weighted by Gasteiger charge is -2.36. The van der Waals surface area contributed by atoms with Gasteiger partial charge in [-0.3, -0.25) is 14.3 Å². The van der Waals surface area contributed by atoms with Crippen molar-refractivity contribution in [3.05, 3.63) is 17.5 Å². The SMILES string of the molecule is Cc1cc(C)n(CC2CCCCN2C(=O)CN2CCCC2=O)n1. The quantitative estimate of drug-likeness (QED) is 0.845. The molecule has 6 heteroatoms. The maximum Gasteiger partial charge on any atom is 0.242 e. The smallest absolute Gasteiger partial charge is 0.242 e. The molecule has 23 heavy (non-hydrogen) atoms. The fraction of sp³-hybridized carbons (Fsp3) is 0.706. The van der Waals surface area contributed by atoms with Gasteiger partial charge in [-0.1, -0.05) is 0 Å². The van der Waals surface area contributed by atoms with Crippen LogP contribution in [0.2, 0.25) is 0 Å². The summed E-state index contributed by atoms with van der Waals surface area (Å²) in [5.74, 6) is 0.205. The van der Waals surface area contributed by atoms with E-state index in [9.17, 15) is 9.59 Å². The van der Waals surface area contributed by atoms with Gasteiger partial charge in [0, 0.05) is 25.2 Å². The number of hydrogen-bond donors (Lipinski definition) is 0. The van der Waals surface area contributed by atoms with E-state index in [0.29, 0.717) is 6.42 Å². The lowest BCUT2D eigenvalue weighted by molar-refractivity contribution is -0.141. The Morgan fingerprint density at radius 3 is 2.74 bits per heavy atom. The lowest BCUT2D eigenvalue weighted by atomic mass is 10.0. The summed E-state index contributed by atoms with van der Waals surface area (Å²) in [5.41, 5.74) is 2.15. The summed E-state index contributed by atoms with van der Waals surface area (Å²) in [7, 11) is 0. The number of carbonyl (C=O) groups excluding carboxylic acids is 2. The van der Waals surface area contributed by atoms with E-state index in [2.05, 4.69) is 18.1 Å². The van der Waals surface area contributed by atoms with Crippen LogP contribution in [0.25, 0.3) is 0 Å². The summed E-state index contributed by atoms with van der Waals surface area (Å²) < 4.78 is 2.01. The molecular formula is C17H26N4O2. The van der Waals surface area contributed by atoms with E-state index in [1.54, 1.807) is 4.90 Å². The van der Waals surface area contributed by atoms with Crippen LogP contribution in [-0.2, 0) is 16.1 Å². The lowest BCUT2D eigenvalue weighted by Crippen LogP contribution is -2.49. The monoisotopic (exact) mass is 318 g/mol. The van der Waals surface area contributed by atoms with Crippen molar-refractivity contribution < 1.29 is 9.59 Å². The molecule has 2 saturated heterocycles. The second-order valence-electron chi connectivity index (χ2n) is 6.76. The van der Waals surface area contributed by atoms with E-state index in [1.807, 2.05) is 16.5 Å². The molecule has 0 aliphatic carbocycles. The van der Waals surface area contributed by atoms with Crippen LogP contribution in [0.1, 0.15) is 43.5 Å². The molecule has 2 aliphatic rings. The van der Waals surface area contributed by atoms with Gasteiger partial charge in [0.1, 0.15) is 0 Å². The van der Waals surface area contributed by atoms with E-state index in [0.717, 1.165) is 56.7 Å². The van der Waals surface area contributed by atoms with Crippen molar-refractivity contribution in [3.8, 4) is 0 Å². The molecule has 0 spiro atoms. The predicted molar refractivity (Wildman–Crippen MR) is 86.9 cm³/mol. The van der Waals surface area contributed by atoms with Gasteiger partial charge < -0.3 is 9.80 Å². The molecule has 3 rings (SSSR count). The molecule has 6 nitrogen and oxygen atoms in total. The van der Waals surface area contributed by atoms with E-state index in [4.69, 9.17) is 0 Å². The summed E-state index contributed by atoms with van der Waals surface area (Å²) in [4.78, 5) is 28.1. The topological polar surface area (TPSA) is 58.4 Å². The molecule has 1 unspecified atom stereocenters. The van der Waals surface area contributed by atoms with Gasteiger partial charge in [-0.15, -0.1) is 0 Å². The Labute approximate surface area is 137 Å². The minimum Gasteiger partial charge on any atom is -0.336 e. The molecule has 0 bridgehead atoms. The number of piperidine rings is 1. The fourth-order valence-electron chi connectivity index (χ4n) is 3.70. The minimum absolute atomic E-state index is 0.0893. The predicted octanol–water partition coefficient (Wildman–Crippen LogP) is 1.50. The molecule has 2 fully saturated rings. The Morgan fingerprint density at radius 1 is 1.26 bits per heavy atom. The maximum atomic E-state index is 12.7. The highest BCUT2D eigenvalue weighted by Crippen LogP contribution is 2.20. The van der Waals surface area contributed by atoms with Gasteiger partial charge in [0.2, 0.25) is 11.8 Å². The number of hydrogen-bond acceptors (Lipinski definition) is 3. The van der Waals surface area contributed by atoms with Crippen molar-refractivity contribution in [1.82, 2.24) is 19.6 Å². The molecule has 0 aromatic carbocycles. The van der Waals surface area contributed by atoms with Crippen LogP contribution in [0, 0.1) is 13.8 Å². The van der Waals surface area contributed by atoms with Gasteiger partial charge in [-0.25, -0.2) is 0 Å². The second-order valence-corrected chi connectivity index (χ2v) is 6.76. The van der Waals surface area contributed by atoms with Crippen LogP contribution >= 0.6 is 0 Å². The molecule has 126 valence electrons. The molecule has 2 aliphatic heterocycles.